The molecule has 24 heavy (non-hydrogen) atoms. The molecule has 1 N–H and O–H groups in total. The minimum absolute atomic E-state index is 0.467. The summed E-state index contributed by atoms with van der Waals surface area (Å²) in [5.74, 6) is 1.74. The largest absolute Gasteiger partial charge is 0.437 e. The Morgan fingerprint density at radius 3 is 2.88 bits per heavy atom. The van der Waals surface area contributed by atoms with Gasteiger partial charge >= 0.3 is 0 Å². The van der Waals surface area contributed by atoms with Crippen molar-refractivity contribution in [1.29, 1.82) is 0 Å². The summed E-state index contributed by atoms with van der Waals surface area (Å²) in [4.78, 5) is 14.6. The first-order valence-corrected chi connectivity index (χ1v) is 7.66. The molecule has 1 atom stereocenters. The van der Waals surface area contributed by atoms with Crippen molar-refractivity contribution in [3.05, 3.63) is 71.8 Å². The van der Waals surface area contributed by atoms with Crippen molar-refractivity contribution in [2.75, 3.05) is 4.90 Å². The molecule has 3 aromatic rings. The topological polar surface area (TPSA) is 71.4 Å². The van der Waals surface area contributed by atoms with Crippen LogP contribution in [0.3, 0.4) is 0 Å². The molecule has 0 amide bonds. The minimum Gasteiger partial charge on any atom is -0.437 e. The first-order chi connectivity index (χ1) is 11.7. The molecule has 0 aromatic carbocycles. The second-order valence-electron chi connectivity index (χ2n) is 5.68. The Kier molecular flexibility index (Phi) is 3.59. The summed E-state index contributed by atoms with van der Waals surface area (Å²) in [6, 6.07) is 11.2. The standard InChI is InChI=1S/C18H16N4O2/c1-12-8-15(21-16(9-12)24-14-5-3-6-19-10-14)22-11-13-4-2-7-20-17(13)18(22)23/h2-10,18,23H,11H2,1H3. The maximum atomic E-state index is 10.5. The summed E-state index contributed by atoms with van der Waals surface area (Å²) < 4.78 is 5.77. The van der Waals surface area contributed by atoms with Crippen molar-refractivity contribution in [2.45, 2.75) is 19.7 Å². The molecular weight excluding hydrogens is 304 g/mol. The van der Waals surface area contributed by atoms with Gasteiger partial charge in [0.25, 0.3) is 0 Å². The van der Waals surface area contributed by atoms with E-state index in [-0.39, 0.29) is 0 Å². The van der Waals surface area contributed by atoms with Crippen LogP contribution in [-0.2, 0) is 6.54 Å². The Morgan fingerprint density at radius 2 is 2.08 bits per heavy atom. The predicted molar refractivity (Wildman–Crippen MR) is 88.7 cm³/mol. The Bertz CT molecular complexity index is 870. The highest BCUT2D eigenvalue weighted by Crippen LogP contribution is 2.35. The third kappa shape index (κ3) is 2.68. The molecule has 1 aliphatic rings. The summed E-state index contributed by atoms with van der Waals surface area (Å²) in [5.41, 5.74) is 2.67. The Hall–Kier alpha value is -2.99. The van der Waals surface area contributed by atoms with Gasteiger partial charge in [-0.3, -0.25) is 9.97 Å². The molecule has 0 saturated carbocycles. The van der Waals surface area contributed by atoms with Gasteiger partial charge < -0.3 is 14.7 Å². The molecule has 0 bridgehead atoms. The van der Waals surface area contributed by atoms with E-state index in [4.69, 9.17) is 4.74 Å². The van der Waals surface area contributed by atoms with Crippen molar-refractivity contribution >= 4 is 5.82 Å². The molecule has 1 aliphatic heterocycles. The van der Waals surface area contributed by atoms with Crippen molar-refractivity contribution in [1.82, 2.24) is 15.0 Å². The average Bonchev–Trinajstić information content (AvgIpc) is 2.93. The average molecular weight is 320 g/mol. The van der Waals surface area contributed by atoms with E-state index in [1.807, 2.05) is 37.3 Å². The van der Waals surface area contributed by atoms with Gasteiger partial charge in [-0.25, -0.2) is 0 Å². The normalized spacial score (nSPS) is 16.1. The second kappa shape index (κ2) is 5.90. The molecule has 1 unspecified atom stereocenters. The molecule has 0 spiro atoms. The lowest BCUT2D eigenvalue weighted by molar-refractivity contribution is 0.176. The first kappa shape index (κ1) is 14.6. The monoisotopic (exact) mass is 320 g/mol. The zero-order valence-electron chi connectivity index (χ0n) is 13.1. The van der Waals surface area contributed by atoms with Crippen LogP contribution in [0.15, 0.2) is 55.0 Å². The molecule has 6 nitrogen and oxygen atoms in total. The number of aliphatic hydroxyl groups excluding tert-OH is 1. The summed E-state index contributed by atoms with van der Waals surface area (Å²) >= 11 is 0. The fourth-order valence-corrected chi connectivity index (χ4v) is 2.79. The van der Waals surface area contributed by atoms with Crippen LogP contribution in [0.25, 0.3) is 0 Å². The van der Waals surface area contributed by atoms with Gasteiger partial charge in [-0.05, 0) is 42.3 Å². The number of nitrogens with zero attached hydrogens (tertiary/aromatic N) is 4. The number of anilines is 1. The highest BCUT2D eigenvalue weighted by atomic mass is 16.5. The molecule has 0 saturated heterocycles. The summed E-state index contributed by atoms with van der Waals surface area (Å²) in [6.07, 6.45) is 4.20. The van der Waals surface area contributed by atoms with Gasteiger partial charge in [-0.15, -0.1) is 0 Å². The van der Waals surface area contributed by atoms with E-state index in [9.17, 15) is 5.11 Å². The van der Waals surface area contributed by atoms with E-state index in [2.05, 4.69) is 15.0 Å². The number of aliphatic hydroxyl groups is 1. The molecular formula is C18H16N4O2. The third-order valence-corrected chi connectivity index (χ3v) is 3.89. The Balaban J connectivity index is 1.65. The van der Waals surface area contributed by atoms with Crippen LogP contribution in [0, 0.1) is 6.92 Å². The molecule has 3 aromatic heterocycles. The maximum absolute atomic E-state index is 10.5. The Morgan fingerprint density at radius 1 is 1.21 bits per heavy atom. The smallest absolute Gasteiger partial charge is 0.221 e. The van der Waals surface area contributed by atoms with E-state index >= 15 is 0 Å². The van der Waals surface area contributed by atoms with Crippen LogP contribution in [0.1, 0.15) is 23.0 Å². The molecule has 4 rings (SSSR count). The van der Waals surface area contributed by atoms with Crippen LogP contribution in [-0.4, -0.2) is 20.1 Å². The molecule has 120 valence electrons. The molecule has 0 aliphatic carbocycles. The predicted octanol–water partition coefficient (Wildman–Crippen LogP) is 2.98. The summed E-state index contributed by atoms with van der Waals surface area (Å²) in [6.45, 7) is 2.53. The molecule has 6 heteroatoms. The lowest BCUT2D eigenvalue weighted by Gasteiger charge is -2.22. The lowest BCUT2D eigenvalue weighted by atomic mass is 10.2. The fourth-order valence-electron chi connectivity index (χ4n) is 2.79. The van der Waals surface area contributed by atoms with Crippen molar-refractivity contribution < 1.29 is 9.84 Å². The number of aryl methyl sites for hydroxylation is 1. The SMILES string of the molecule is Cc1cc(Oc2cccnc2)nc(N2Cc3cccnc3C2O)c1. The van der Waals surface area contributed by atoms with Gasteiger partial charge in [0.1, 0.15) is 11.6 Å². The number of aromatic nitrogens is 3. The van der Waals surface area contributed by atoms with Crippen molar-refractivity contribution in [3.8, 4) is 11.6 Å². The van der Waals surface area contributed by atoms with Gasteiger partial charge in [-0.1, -0.05) is 6.07 Å². The first-order valence-electron chi connectivity index (χ1n) is 7.66. The van der Waals surface area contributed by atoms with Crippen LogP contribution >= 0.6 is 0 Å². The number of hydrogen-bond donors (Lipinski definition) is 1. The van der Waals surface area contributed by atoms with Gasteiger partial charge in [0, 0.05) is 25.0 Å². The van der Waals surface area contributed by atoms with Crippen LogP contribution in [0.2, 0.25) is 0 Å². The zero-order valence-corrected chi connectivity index (χ0v) is 13.1. The van der Waals surface area contributed by atoms with E-state index in [0.29, 0.717) is 29.7 Å². The minimum atomic E-state index is -0.804. The summed E-state index contributed by atoms with van der Waals surface area (Å²) in [5, 5.41) is 10.5. The van der Waals surface area contributed by atoms with Crippen LogP contribution in [0.5, 0.6) is 11.6 Å². The number of rotatable bonds is 3. The van der Waals surface area contributed by atoms with Crippen LogP contribution in [0.4, 0.5) is 5.82 Å². The number of hydrogen-bond acceptors (Lipinski definition) is 6. The lowest BCUT2D eigenvalue weighted by Crippen LogP contribution is -2.22. The highest BCUT2D eigenvalue weighted by molar-refractivity contribution is 5.50. The van der Waals surface area contributed by atoms with Gasteiger partial charge in [0.05, 0.1) is 11.9 Å². The quantitative estimate of drug-likeness (QED) is 0.800. The van der Waals surface area contributed by atoms with E-state index in [1.165, 1.54) is 0 Å². The van der Waals surface area contributed by atoms with E-state index in [1.54, 1.807) is 29.6 Å². The number of ether oxygens (including phenoxy) is 1. The Labute approximate surface area is 139 Å². The van der Waals surface area contributed by atoms with Gasteiger partial charge in [-0.2, -0.15) is 4.98 Å². The van der Waals surface area contributed by atoms with Crippen molar-refractivity contribution in [3.63, 3.8) is 0 Å². The second-order valence-corrected chi connectivity index (χ2v) is 5.68. The molecule has 0 radical (unpaired) electrons. The van der Waals surface area contributed by atoms with E-state index in [0.717, 1.165) is 11.1 Å². The zero-order chi connectivity index (χ0) is 16.5. The fraction of sp³-hybridized carbons (Fsp3) is 0.167. The van der Waals surface area contributed by atoms with Gasteiger partial charge in [0.15, 0.2) is 6.23 Å². The maximum Gasteiger partial charge on any atom is 0.221 e. The third-order valence-electron chi connectivity index (χ3n) is 3.89. The highest BCUT2D eigenvalue weighted by Gasteiger charge is 2.30. The van der Waals surface area contributed by atoms with Gasteiger partial charge in [0.2, 0.25) is 5.88 Å². The van der Waals surface area contributed by atoms with Crippen LogP contribution < -0.4 is 9.64 Å². The molecule has 4 heterocycles. The van der Waals surface area contributed by atoms with Crippen molar-refractivity contribution in [2.24, 2.45) is 0 Å². The molecule has 0 fully saturated rings. The number of fused-ring (bicyclic) bond motifs is 1. The number of pyridine rings is 3. The summed E-state index contributed by atoms with van der Waals surface area (Å²) in [7, 11) is 0. The van der Waals surface area contributed by atoms with E-state index < -0.39 is 6.23 Å².